The van der Waals surface area contributed by atoms with Crippen LogP contribution in [0.3, 0.4) is 0 Å². The van der Waals surface area contributed by atoms with E-state index in [1.54, 1.807) is 0 Å². The molecular formula is C42H85N3O2. The highest BCUT2D eigenvalue weighted by Crippen LogP contribution is 2.15. The third kappa shape index (κ3) is 37.6. The lowest BCUT2D eigenvalue weighted by Crippen LogP contribution is -2.48. The molecule has 0 bridgehead atoms. The second kappa shape index (κ2) is 39.3. The highest BCUT2D eigenvalue weighted by Gasteiger charge is 2.14. The van der Waals surface area contributed by atoms with Gasteiger partial charge in [-0.1, -0.05) is 201 Å². The molecule has 5 nitrogen and oxygen atoms in total. The van der Waals surface area contributed by atoms with Crippen molar-refractivity contribution in [3.8, 4) is 0 Å². The summed E-state index contributed by atoms with van der Waals surface area (Å²) in [5.41, 5.74) is 0. The smallest absolute Gasteiger partial charge is 0.221 e. The van der Waals surface area contributed by atoms with E-state index < -0.39 is 0 Å². The van der Waals surface area contributed by atoms with Gasteiger partial charge in [0.05, 0.1) is 0 Å². The molecule has 3 N–H and O–H groups in total. The molecule has 0 aromatic carbocycles. The minimum absolute atomic E-state index is 0.0837. The summed E-state index contributed by atoms with van der Waals surface area (Å²) in [5, 5.41) is 9.61. The summed E-state index contributed by atoms with van der Waals surface area (Å²) in [6, 6.07) is 0. The van der Waals surface area contributed by atoms with Gasteiger partial charge in [0.2, 0.25) is 11.8 Å². The summed E-state index contributed by atoms with van der Waals surface area (Å²) in [6.07, 6.45) is 42.5. The summed E-state index contributed by atoms with van der Waals surface area (Å²) >= 11 is 0. The van der Waals surface area contributed by atoms with Crippen molar-refractivity contribution < 1.29 is 9.59 Å². The molecule has 0 heterocycles. The summed E-state index contributed by atoms with van der Waals surface area (Å²) in [5.74, 6) is 0.167. The Balaban J connectivity index is 3.85. The summed E-state index contributed by atoms with van der Waals surface area (Å²) in [7, 11) is 0. The van der Waals surface area contributed by atoms with Gasteiger partial charge in [0, 0.05) is 12.8 Å². The van der Waals surface area contributed by atoms with Gasteiger partial charge >= 0.3 is 0 Å². The zero-order valence-corrected chi connectivity index (χ0v) is 32.3. The maximum absolute atomic E-state index is 12.7. The minimum atomic E-state index is -0.249. The lowest BCUT2D eigenvalue weighted by atomic mass is 10.0. The van der Waals surface area contributed by atoms with Crippen LogP contribution in [0.15, 0.2) is 0 Å². The predicted molar refractivity (Wildman–Crippen MR) is 207 cm³/mol. The molecule has 0 aliphatic carbocycles. The van der Waals surface area contributed by atoms with Crippen LogP contribution in [-0.2, 0) is 9.59 Å². The number of amides is 2. The fourth-order valence-electron chi connectivity index (χ4n) is 6.64. The summed E-state index contributed by atoms with van der Waals surface area (Å²) in [4.78, 5) is 25.4. The van der Waals surface area contributed by atoms with E-state index in [0.29, 0.717) is 12.8 Å². The van der Waals surface area contributed by atoms with Gasteiger partial charge in [-0.25, -0.2) is 0 Å². The Morgan fingerprint density at radius 1 is 0.383 bits per heavy atom. The molecule has 47 heavy (non-hydrogen) atoms. The highest BCUT2D eigenvalue weighted by molar-refractivity contribution is 5.79. The molecule has 0 saturated carbocycles. The molecule has 0 aromatic rings. The van der Waals surface area contributed by atoms with E-state index in [9.17, 15) is 9.59 Å². The SMILES string of the molecule is CCCCCCCCCCCCCCCCCC(=O)NC(CCCNCC)NC(=O)CCCCCCCCCCCCCCCCC. The van der Waals surface area contributed by atoms with Crippen molar-refractivity contribution >= 4 is 11.8 Å². The summed E-state index contributed by atoms with van der Waals surface area (Å²) in [6.45, 7) is 8.53. The van der Waals surface area contributed by atoms with E-state index in [0.717, 1.165) is 51.6 Å². The van der Waals surface area contributed by atoms with Crippen molar-refractivity contribution in [3.63, 3.8) is 0 Å². The zero-order chi connectivity index (χ0) is 34.3. The van der Waals surface area contributed by atoms with Crippen molar-refractivity contribution in [1.29, 1.82) is 0 Å². The largest absolute Gasteiger partial charge is 0.336 e. The van der Waals surface area contributed by atoms with E-state index in [4.69, 9.17) is 0 Å². The molecule has 0 aliphatic heterocycles. The third-order valence-corrected chi connectivity index (χ3v) is 9.78. The van der Waals surface area contributed by atoms with Crippen LogP contribution in [-0.4, -0.2) is 31.1 Å². The van der Waals surface area contributed by atoms with Gasteiger partial charge in [-0.2, -0.15) is 0 Å². The van der Waals surface area contributed by atoms with Crippen LogP contribution >= 0.6 is 0 Å². The fraction of sp³-hybridized carbons (Fsp3) is 0.952. The molecule has 5 heteroatoms. The first kappa shape index (κ1) is 45.9. The number of rotatable bonds is 39. The first-order valence-corrected chi connectivity index (χ1v) is 21.4. The van der Waals surface area contributed by atoms with Crippen LogP contribution in [0.4, 0.5) is 0 Å². The van der Waals surface area contributed by atoms with E-state index in [2.05, 4.69) is 36.7 Å². The Morgan fingerprint density at radius 3 is 0.936 bits per heavy atom. The Bertz CT molecular complexity index is 593. The predicted octanol–water partition coefficient (Wildman–Crippen LogP) is 12.5. The lowest BCUT2D eigenvalue weighted by Gasteiger charge is -2.20. The quantitative estimate of drug-likeness (QED) is 0.0453. The van der Waals surface area contributed by atoms with Crippen molar-refractivity contribution in [1.82, 2.24) is 16.0 Å². The number of nitrogens with one attached hydrogen (secondary N) is 3. The van der Waals surface area contributed by atoms with Gasteiger partial charge in [-0.15, -0.1) is 0 Å². The lowest BCUT2D eigenvalue weighted by molar-refractivity contribution is -0.124. The average Bonchev–Trinajstić information content (AvgIpc) is 3.06. The number of carbonyl (C=O) groups is 2. The Labute approximate surface area is 295 Å². The maximum atomic E-state index is 12.7. The van der Waals surface area contributed by atoms with Crippen LogP contribution in [0.25, 0.3) is 0 Å². The topological polar surface area (TPSA) is 70.2 Å². The van der Waals surface area contributed by atoms with Crippen LogP contribution in [0.2, 0.25) is 0 Å². The minimum Gasteiger partial charge on any atom is -0.336 e. The first-order valence-electron chi connectivity index (χ1n) is 21.4. The van der Waals surface area contributed by atoms with E-state index in [-0.39, 0.29) is 18.0 Å². The molecule has 2 amide bonds. The van der Waals surface area contributed by atoms with Crippen molar-refractivity contribution in [3.05, 3.63) is 0 Å². The molecule has 0 atom stereocenters. The Hall–Kier alpha value is -1.10. The van der Waals surface area contributed by atoms with E-state index in [1.165, 1.54) is 167 Å². The van der Waals surface area contributed by atoms with Gasteiger partial charge in [-0.05, 0) is 38.8 Å². The average molecular weight is 664 g/mol. The molecule has 0 spiro atoms. The van der Waals surface area contributed by atoms with Crippen molar-refractivity contribution in [2.45, 2.75) is 245 Å². The summed E-state index contributed by atoms with van der Waals surface area (Å²) < 4.78 is 0. The number of unbranched alkanes of at least 4 members (excludes halogenated alkanes) is 28. The number of carbonyl (C=O) groups excluding carboxylic acids is 2. The first-order chi connectivity index (χ1) is 23.1. The van der Waals surface area contributed by atoms with Crippen LogP contribution in [0.5, 0.6) is 0 Å². The van der Waals surface area contributed by atoms with Crippen molar-refractivity contribution in [2.75, 3.05) is 13.1 Å². The molecule has 0 aromatic heterocycles. The van der Waals surface area contributed by atoms with Crippen LogP contribution in [0.1, 0.15) is 239 Å². The standard InChI is InChI=1S/C42H85N3O2/c1-4-7-9-11-13-15-17-19-21-23-25-27-29-31-33-37-41(46)44-40(36-35-39-43-6-3)45-42(47)38-34-32-30-28-26-24-22-20-18-16-14-12-10-8-5-2/h40,43H,4-39H2,1-3H3,(H,44,46)(H,45,47). The Morgan fingerprint density at radius 2 is 0.660 bits per heavy atom. The zero-order valence-electron chi connectivity index (χ0n) is 32.3. The second-order valence-corrected chi connectivity index (χ2v) is 14.6. The molecule has 0 rings (SSSR count). The molecule has 0 unspecified atom stereocenters. The highest BCUT2D eigenvalue weighted by atomic mass is 16.2. The molecule has 0 fully saturated rings. The monoisotopic (exact) mass is 664 g/mol. The third-order valence-electron chi connectivity index (χ3n) is 9.78. The van der Waals surface area contributed by atoms with Gasteiger partial charge in [0.1, 0.15) is 6.17 Å². The van der Waals surface area contributed by atoms with Gasteiger partial charge in [0.15, 0.2) is 0 Å². The van der Waals surface area contributed by atoms with Gasteiger partial charge in [0.25, 0.3) is 0 Å². The molecule has 0 radical (unpaired) electrons. The van der Waals surface area contributed by atoms with Crippen LogP contribution < -0.4 is 16.0 Å². The second-order valence-electron chi connectivity index (χ2n) is 14.6. The van der Waals surface area contributed by atoms with E-state index in [1.807, 2.05) is 0 Å². The molecule has 280 valence electrons. The van der Waals surface area contributed by atoms with E-state index >= 15 is 0 Å². The number of hydrogen-bond donors (Lipinski definition) is 3. The van der Waals surface area contributed by atoms with Gasteiger partial charge < -0.3 is 16.0 Å². The van der Waals surface area contributed by atoms with Crippen molar-refractivity contribution in [2.24, 2.45) is 0 Å². The maximum Gasteiger partial charge on any atom is 0.221 e. The van der Waals surface area contributed by atoms with Crippen LogP contribution in [0, 0.1) is 0 Å². The molecule has 0 aliphatic rings. The fourth-order valence-corrected chi connectivity index (χ4v) is 6.64. The normalized spacial score (nSPS) is 11.4. The van der Waals surface area contributed by atoms with Gasteiger partial charge in [-0.3, -0.25) is 9.59 Å². The molecular weight excluding hydrogens is 578 g/mol. The Kier molecular flexibility index (Phi) is 38.4. The number of hydrogen-bond acceptors (Lipinski definition) is 3. The molecule has 0 saturated heterocycles.